The molecule has 1 amide bonds. The number of hydrogen-bond acceptors (Lipinski definition) is 6. The summed E-state index contributed by atoms with van der Waals surface area (Å²) in [5, 5.41) is 15.7. The van der Waals surface area contributed by atoms with Gasteiger partial charge in [-0.3, -0.25) is 9.89 Å². The van der Waals surface area contributed by atoms with Gasteiger partial charge in [0.25, 0.3) is 0 Å². The first-order valence-electron chi connectivity index (χ1n) is 9.59. The van der Waals surface area contributed by atoms with Gasteiger partial charge in [-0.2, -0.15) is 5.10 Å². The third-order valence-electron chi connectivity index (χ3n) is 5.23. The van der Waals surface area contributed by atoms with Crippen LogP contribution in [0.4, 0.5) is 0 Å². The number of rotatable bonds is 6. The fourth-order valence-electron chi connectivity index (χ4n) is 3.70. The molecule has 4 heterocycles. The van der Waals surface area contributed by atoms with E-state index in [0.29, 0.717) is 31.8 Å². The lowest BCUT2D eigenvalue weighted by molar-refractivity contribution is -0.132. The van der Waals surface area contributed by atoms with Crippen LogP contribution in [0.25, 0.3) is 0 Å². The zero-order chi connectivity index (χ0) is 19.5. The Morgan fingerprint density at radius 2 is 2.25 bits per heavy atom. The predicted octanol–water partition coefficient (Wildman–Crippen LogP) is 0.825. The summed E-state index contributed by atoms with van der Waals surface area (Å²) in [5.74, 6) is 3.64. The summed E-state index contributed by atoms with van der Waals surface area (Å²) >= 11 is 0. The first kappa shape index (κ1) is 18.3. The van der Waals surface area contributed by atoms with Crippen LogP contribution in [-0.2, 0) is 24.8 Å². The number of hydrogen-bond donors (Lipinski definition) is 1. The van der Waals surface area contributed by atoms with E-state index in [0.717, 1.165) is 36.9 Å². The number of carbonyl (C=O) groups excluding carboxylic acids is 1. The normalized spacial score (nSPS) is 17.2. The summed E-state index contributed by atoms with van der Waals surface area (Å²) in [5.41, 5.74) is 0. The second kappa shape index (κ2) is 7.91. The van der Waals surface area contributed by atoms with Gasteiger partial charge in [0.1, 0.15) is 11.6 Å². The molecule has 1 fully saturated rings. The van der Waals surface area contributed by atoms with Crippen molar-refractivity contribution < 1.29 is 4.79 Å². The van der Waals surface area contributed by atoms with Crippen LogP contribution in [0.3, 0.4) is 0 Å². The predicted molar refractivity (Wildman–Crippen MR) is 100 cm³/mol. The Hall–Kier alpha value is -3.04. The monoisotopic (exact) mass is 383 g/mol. The maximum absolute atomic E-state index is 12.7. The zero-order valence-corrected chi connectivity index (χ0v) is 16.2. The molecule has 1 atom stereocenters. The second-order valence-electron chi connectivity index (χ2n) is 7.28. The van der Waals surface area contributed by atoms with E-state index in [-0.39, 0.29) is 11.8 Å². The first-order valence-corrected chi connectivity index (χ1v) is 9.59. The maximum Gasteiger partial charge on any atom is 0.223 e. The molecule has 0 unspecified atom stereocenters. The van der Waals surface area contributed by atoms with Gasteiger partial charge in [-0.05, 0) is 19.8 Å². The Balaban J connectivity index is 1.38. The molecule has 0 spiro atoms. The van der Waals surface area contributed by atoms with Crippen LogP contribution < -0.4 is 0 Å². The van der Waals surface area contributed by atoms with Crippen LogP contribution in [0.1, 0.15) is 48.5 Å². The molecular weight excluding hydrogens is 358 g/mol. The molecule has 28 heavy (non-hydrogen) atoms. The smallest absolute Gasteiger partial charge is 0.223 e. The highest BCUT2D eigenvalue weighted by Gasteiger charge is 2.28. The van der Waals surface area contributed by atoms with Crippen molar-refractivity contribution in [2.75, 3.05) is 13.1 Å². The van der Waals surface area contributed by atoms with E-state index in [4.69, 9.17) is 0 Å². The molecule has 0 aromatic carbocycles. The Kier molecular flexibility index (Phi) is 5.18. The van der Waals surface area contributed by atoms with Gasteiger partial charge in [-0.1, -0.05) is 0 Å². The minimum atomic E-state index is 0.146. The molecular formula is C18H25N9O. The quantitative estimate of drug-likeness (QED) is 0.675. The SMILES string of the molecule is Cc1nc(CCC(=O)N2CCC[C@H](c3nnc(Cn4ccnc4)n3C)C2)n[nH]1. The van der Waals surface area contributed by atoms with E-state index < -0.39 is 0 Å². The van der Waals surface area contributed by atoms with Crippen LogP contribution in [0.2, 0.25) is 0 Å². The number of piperidine rings is 1. The summed E-state index contributed by atoms with van der Waals surface area (Å²) in [7, 11) is 1.99. The van der Waals surface area contributed by atoms with E-state index in [1.807, 2.05) is 29.6 Å². The Morgan fingerprint density at radius 1 is 1.36 bits per heavy atom. The Bertz CT molecular complexity index is 927. The van der Waals surface area contributed by atoms with Crippen molar-refractivity contribution in [2.24, 2.45) is 7.05 Å². The molecule has 0 bridgehead atoms. The number of aryl methyl sites for hydroxylation is 2. The number of H-pyrrole nitrogens is 1. The van der Waals surface area contributed by atoms with Gasteiger partial charge in [0.2, 0.25) is 5.91 Å². The minimum absolute atomic E-state index is 0.146. The third kappa shape index (κ3) is 3.95. The van der Waals surface area contributed by atoms with Crippen LogP contribution >= 0.6 is 0 Å². The fourth-order valence-corrected chi connectivity index (χ4v) is 3.70. The van der Waals surface area contributed by atoms with Gasteiger partial charge in [-0.15, -0.1) is 10.2 Å². The van der Waals surface area contributed by atoms with E-state index in [2.05, 4.69) is 34.9 Å². The highest BCUT2D eigenvalue weighted by atomic mass is 16.2. The summed E-state index contributed by atoms with van der Waals surface area (Å²) in [6.07, 6.45) is 8.40. The second-order valence-corrected chi connectivity index (χ2v) is 7.28. The molecule has 1 aliphatic heterocycles. The molecule has 3 aromatic heterocycles. The number of imidazole rings is 1. The molecule has 148 valence electrons. The van der Waals surface area contributed by atoms with Crippen molar-refractivity contribution in [3.05, 3.63) is 42.0 Å². The van der Waals surface area contributed by atoms with Crippen molar-refractivity contribution >= 4 is 5.91 Å². The summed E-state index contributed by atoms with van der Waals surface area (Å²) in [6, 6.07) is 0. The lowest BCUT2D eigenvalue weighted by atomic mass is 9.96. The van der Waals surface area contributed by atoms with Crippen molar-refractivity contribution in [1.29, 1.82) is 0 Å². The summed E-state index contributed by atoms with van der Waals surface area (Å²) in [6.45, 7) is 3.97. The number of nitrogens with one attached hydrogen (secondary N) is 1. The molecule has 10 heteroatoms. The van der Waals surface area contributed by atoms with Crippen LogP contribution in [0, 0.1) is 6.92 Å². The number of aromatic nitrogens is 8. The number of carbonyl (C=O) groups is 1. The lowest BCUT2D eigenvalue weighted by Crippen LogP contribution is -2.39. The van der Waals surface area contributed by atoms with Gasteiger partial charge in [0, 0.05) is 51.3 Å². The molecule has 1 saturated heterocycles. The van der Waals surface area contributed by atoms with Crippen molar-refractivity contribution in [3.63, 3.8) is 0 Å². The van der Waals surface area contributed by atoms with Gasteiger partial charge in [0.05, 0.1) is 12.9 Å². The van der Waals surface area contributed by atoms with Crippen molar-refractivity contribution in [1.82, 2.24) is 44.4 Å². The first-order chi connectivity index (χ1) is 13.6. The lowest BCUT2D eigenvalue weighted by Gasteiger charge is -2.32. The van der Waals surface area contributed by atoms with Crippen molar-refractivity contribution in [2.45, 2.75) is 45.1 Å². The van der Waals surface area contributed by atoms with Gasteiger partial charge in [-0.25, -0.2) is 9.97 Å². The number of likely N-dealkylation sites (tertiary alicyclic amines) is 1. The largest absolute Gasteiger partial charge is 0.342 e. The number of aromatic amines is 1. The van der Waals surface area contributed by atoms with Crippen LogP contribution in [0.5, 0.6) is 0 Å². The highest BCUT2D eigenvalue weighted by molar-refractivity contribution is 5.76. The molecule has 0 aliphatic carbocycles. The molecule has 4 rings (SSSR count). The minimum Gasteiger partial charge on any atom is -0.342 e. The Labute approximate surface area is 163 Å². The van der Waals surface area contributed by atoms with E-state index in [1.165, 1.54) is 0 Å². The zero-order valence-electron chi connectivity index (χ0n) is 16.2. The van der Waals surface area contributed by atoms with Crippen molar-refractivity contribution in [3.8, 4) is 0 Å². The molecule has 10 nitrogen and oxygen atoms in total. The molecule has 0 radical (unpaired) electrons. The molecule has 1 aliphatic rings. The summed E-state index contributed by atoms with van der Waals surface area (Å²) in [4.78, 5) is 22.9. The van der Waals surface area contributed by atoms with E-state index >= 15 is 0 Å². The fraction of sp³-hybridized carbons (Fsp3) is 0.556. The summed E-state index contributed by atoms with van der Waals surface area (Å²) < 4.78 is 4.02. The third-order valence-corrected chi connectivity index (χ3v) is 5.23. The molecule has 1 N–H and O–H groups in total. The molecule has 0 saturated carbocycles. The van der Waals surface area contributed by atoms with Crippen LogP contribution in [0.15, 0.2) is 18.7 Å². The van der Waals surface area contributed by atoms with E-state index in [9.17, 15) is 4.79 Å². The van der Waals surface area contributed by atoms with Gasteiger partial charge < -0.3 is 14.0 Å². The Morgan fingerprint density at radius 3 is 3.00 bits per heavy atom. The molecule has 3 aromatic rings. The average molecular weight is 383 g/mol. The number of amides is 1. The standard InChI is InChI=1S/C18H25N9O/c1-13-20-15(22-21-13)5-6-17(28)27-8-3-4-14(10-27)18-24-23-16(25(18)2)11-26-9-7-19-12-26/h7,9,12,14H,3-6,8,10-11H2,1-2H3,(H,20,21,22)/t14-/m0/s1. The van der Waals surface area contributed by atoms with Crippen LogP contribution in [-0.4, -0.2) is 63.4 Å². The van der Waals surface area contributed by atoms with Gasteiger partial charge in [0.15, 0.2) is 11.6 Å². The highest BCUT2D eigenvalue weighted by Crippen LogP contribution is 2.26. The maximum atomic E-state index is 12.7. The number of nitrogens with zero attached hydrogens (tertiary/aromatic N) is 8. The average Bonchev–Trinajstić information content (AvgIpc) is 3.44. The van der Waals surface area contributed by atoms with E-state index in [1.54, 1.807) is 12.5 Å². The van der Waals surface area contributed by atoms with Gasteiger partial charge >= 0.3 is 0 Å². The topological polar surface area (TPSA) is 110 Å².